The minimum Gasteiger partial charge on any atom is -0.489 e. The molecule has 0 heterocycles. The predicted molar refractivity (Wildman–Crippen MR) is 76.9 cm³/mol. The molecule has 0 aliphatic heterocycles. The summed E-state index contributed by atoms with van der Waals surface area (Å²) in [7, 11) is -3.20. The van der Waals surface area contributed by atoms with Crippen molar-refractivity contribution in [2.24, 2.45) is 0 Å². The van der Waals surface area contributed by atoms with Gasteiger partial charge in [0.25, 0.3) is 0 Å². The zero-order valence-electron chi connectivity index (χ0n) is 10.7. The molecule has 2 rings (SSSR count). The predicted octanol–water partition coefficient (Wildman–Crippen LogP) is -1.37. The Hall–Kier alpha value is -1.79. The first kappa shape index (κ1) is 14.6. The summed E-state index contributed by atoms with van der Waals surface area (Å²) in [4.78, 5) is 0. The third-order valence-corrected chi connectivity index (χ3v) is 2.91. The maximum Gasteiger partial charge on any atom is 0.492 e. The number of rotatable bonds is 5. The highest BCUT2D eigenvalue weighted by Crippen LogP contribution is 2.10. The van der Waals surface area contributed by atoms with E-state index >= 15 is 0 Å². The summed E-state index contributed by atoms with van der Waals surface area (Å²) >= 11 is 0. The van der Waals surface area contributed by atoms with Gasteiger partial charge in [-0.3, -0.25) is 0 Å². The maximum absolute atomic E-state index is 9.26. The average molecular weight is 272 g/mol. The fourth-order valence-electron chi connectivity index (χ4n) is 1.90. The van der Waals surface area contributed by atoms with Gasteiger partial charge in [0.15, 0.2) is 0 Å². The van der Waals surface area contributed by atoms with Gasteiger partial charge in [-0.05, 0) is 17.1 Å². The summed E-state index contributed by atoms with van der Waals surface area (Å²) in [5.74, 6) is 0.338. The summed E-state index contributed by atoms with van der Waals surface area (Å²) in [6, 6.07) is 13.3. The normalized spacial score (nSPS) is 10.2. The number of benzene rings is 2. The van der Waals surface area contributed by atoms with E-state index in [2.05, 4.69) is 0 Å². The first-order valence-corrected chi connectivity index (χ1v) is 6.11. The zero-order valence-corrected chi connectivity index (χ0v) is 10.7. The van der Waals surface area contributed by atoms with Crippen LogP contribution in [0, 0.1) is 0 Å². The van der Waals surface area contributed by atoms with E-state index in [9.17, 15) is 20.1 Å². The molecule has 7 heteroatoms. The van der Waals surface area contributed by atoms with Crippen molar-refractivity contribution in [3.8, 4) is 5.75 Å². The molecule has 4 N–H and O–H groups in total. The van der Waals surface area contributed by atoms with E-state index in [4.69, 9.17) is 4.74 Å². The standard InChI is InChI=1S/C13H14B2O5/c16-14(17)11-6-2-1-5-10(11)9-20-13-8-4-3-7-12(13)15(18)19/h1-8,16-19H,9H2. The molecule has 0 aliphatic rings. The number of ether oxygens (including phenoxy) is 1. The van der Waals surface area contributed by atoms with Gasteiger partial charge in [0.1, 0.15) is 12.4 Å². The van der Waals surface area contributed by atoms with E-state index in [1.165, 1.54) is 0 Å². The lowest BCUT2D eigenvalue weighted by molar-refractivity contribution is 0.307. The van der Waals surface area contributed by atoms with E-state index in [0.29, 0.717) is 16.8 Å². The second kappa shape index (κ2) is 6.58. The fourth-order valence-corrected chi connectivity index (χ4v) is 1.90. The second-order valence-electron chi connectivity index (χ2n) is 4.27. The molecule has 102 valence electrons. The summed E-state index contributed by atoms with van der Waals surface area (Å²) in [6.45, 7) is 0.0948. The van der Waals surface area contributed by atoms with Crippen LogP contribution < -0.4 is 15.7 Å². The van der Waals surface area contributed by atoms with Gasteiger partial charge in [-0.1, -0.05) is 42.5 Å². The Balaban J connectivity index is 2.17. The van der Waals surface area contributed by atoms with E-state index in [0.717, 1.165) is 0 Å². The summed E-state index contributed by atoms with van der Waals surface area (Å²) in [6.07, 6.45) is 0. The first-order chi connectivity index (χ1) is 9.59. The fraction of sp³-hybridized carbons (Fsp3) is 0.0769. The van der Waals surface area contributed by atoms with Crippen molar-refractivity contribution in [2.75, 3.05) is 0 Å². The molecule has 2 aromatic rings. The van der Waals surface area contributed by atoms with Crippen LogP contribution in [0.25, 0.3) is 0 Å². The Morgan fingerprint density at radius 2 is 1.30 bits per heavy atom. The Bertz CT molecular complexity index is 523. The largest absolute Gasteiger partial charge is 0.492 e. The van der Waals surface area contributed by atoms with Gasteiger partial charge in [0, 0.05) is 5.46 Å². The molecule has 0 saturated carbocycles. The molecule has 0 fully saturated rings. The van der Waals surface area contributed by atoms with Crippen LogP contribution in [0.2, 0.25) is 0 Å². The van der Waals surface area contributed by atoms with Gasteiger partial charge < -0.3 is 24.8 Å². The van der Waals surface area contributed by atoms with Crippen LogP contribution >= 0.6 is 0 Å². The van der Waals surface area contributed by atoms with Gasteiger partial charge in [-0.15, -0.1) is 0 Å². The Morgan fingerprint density at radius 3 is 1.95 bits per heavy atom. The summed E-state index contributed by atoms with van der Waals surface area (Å²) < 4.78 is 5.53. The van der Waals surface area contributed by atoms with Crippen LogP contribution in [0.15, 0.2) is 48.5 Å². The quantitative estimate of drug-likeness (QED) is 0.504. The molecule has 20 heavy (non-hydrogen) atoms. The van der Waals surface area contributed by atoms with Crippen LogP contribution in [0.4, 0.5) is 0 Å². The average Bonchev–Trinajstić information content (AvgIpc) is 2.45. The van der Waals surface area contributed by atoms with Gasteiger partial charge in [0.05, 0.1) is 0 Å². The smallest absolute Gasteiger partial charge is 0.489 e. The van der Waals surface area contributed by atoms with E-state index in [1.807, 2.05) is 0 Å². The van der Waals surface area contributed by atoms with Crippen LogP contribution in [-0.4, -0.2) is 34.3 Å². The van der Waals surface area contributed by atoms with Crippen molar-refractivity contribution in [3.63, 3.8) is 0 Å². The molecule has 0 aromatic heterocycles. The molecule has 0 bridgehead atoms. The lowest BCUT2D eigenvalue weighted by Crippen LogP contribution is -2.34. The van der Waals surface area contributed by atoms with E-state index < -0.39 is 14.2 Å². The molecule has 5 nitrogen and oxygen atoms in total. The Kier molecular flexibility index (Phi) is 4.81. The molecule has 0 spiro atoms. The summed E-state index contributed by atoms with van der Waals surface area (Å²) in [5, 5.41) is 37.0. The zero-order chi connectivity index (χ0) is 14.5. The molecule has 0 radical (unpaired) electrons. The van der Waals surface area contributed by atoms with Crippen molar-refractivity contribution in [1.29, 1.82) is 0 Å². The molecule has 0 saturated heterocycles. The number of hydrogen-bond acceptors (Lipinski definition) is 5. The van der Waals surface area contributed by atoms with Crippen molar-refractivity contribution in [1.82, 2.24) is 0 Å². The Labute approximate surface area is 117 Å². The number of para-hydroxylation sites is 1. The highest BCUT2D eigenvalue weighted by molar-refractivity contribution is 6.60. The molecule has 0 amide bonds. The minimum absolute atomic E-state index is 0.0948. The van der Waals surface area contributed by atoms with Crippen molar-refractivity contribution in [2.45, 2.75) is 6.61 Å². The van der Waals surface area contributed by atoms with Crippen molar-refractivity contribution in [3.05, 3.63) is 54.1 Å². The minimum atomic E-state index is -1.62. The van der Waals surface area contributed by atoms with Crippen LogP contribution in [0.1, 0.15) is 5.56 Å². The van der Waals surface area contributed by atoms with Crippen molar-refractivity contribution < 1.29 is 24.8 Å². The molecular weight excluding hydrogens is 258 g/mol. The lowest BCUT2D eigenvalue weighted by Gasteiger charge is -2.13. The maximum atomic E-state index is 9.26. The molecular formula is C13H14B2O5. The van der Waals surface area contributed by atoms with Crippen molar-refractivity contribution >= 4 is 25.2 Å². The highest BCUT2D eigenvalue weighted by atomic mass is 16.5. The monoisotopic (exact) mass is 272 g/mol. The molecule has 0 atom stereocenters. The molecule has 2 aromatic carbocycles. The van der Waals surface area contributed by atoms with Crippen LogP contribution in [0.3, 0.4) is 0 Å². The first-order valence-electron chi connectivity index (χ1n) is 6.11. The van der Waals surface area contributed by atoms with Gasteiger partial charge in [0.2, 0.25) is 0 Å². The van der Waals surface area contributed by atoms with Crippen LogP contribution in [0.5, 0.6) is 5.75 Å². The highest BCUT2D eigenvalue weighted by Gasteiger charge is 2.18. The third-order valence-electron chi connectivity index (χ3n) is 2.91. The van der Waals surface area contributed by atoms with E-state index in [1.54, 1.807) is 48.5 Å². The lowest BCUT2D eigenvalue weighted by atomic mass is 9.77. The Morgan fingerprint density at radius 1 is 0.750 bits per heavy atom. The molecule has 0 unspecified atom stereocenters. The van der Waals surface area contributed by atoms with Gasteiger partial charge in [-0.2, -0.15) is 0 Å². The molecule has 0 aliphatic carbocycles. The summed E-state index contributed by atoms with van der Waals surface area (Å²) in [5.41, 5.74) is 1.23. The second-order valence-corrected chi connectivity index (χ2v) is 4.27. The topological polar surface area (TPSA) is 90.2 Å². The van der Waals surface area contributed by atoms with E-state index in [-0.39, 0.29) is 12.1 Å². The SMILES string of the molecule is OB(O)c1ccccc1COc1ccccc1B(O)O. The number of hydrogen-bond donors (Lipinski definition) is 4. The van der Waals surface area contributed by atoms with Gasteiger partial charge >= 0.3 is 14.2 Å². The third kappa shape index (κ3) is 3.40. The van der Waals surface area contributed by atoms with Gasteiger partial charge in [-0.25, -0.2) is 0 Å². The van der Waals surface area contributed by atoms with Crippen LogP contribution in [-0.2, 0) is 6.61 Å².